The number of halogens is 4. The first-order valence-corrected chi connectivity index (χ1v) is 8.82. The molecule has 0 saturated carbocycles. The van der Waals surface area contributed by atoms with Crippen LogP contribution in [-0.2, 0) is 4.74 Å². The van der Waals surface area contributed by atoms with E-state index in [0.717, 1.165) is 16.7 Å². The van der Waals surface area contributed by atoms with Crippen LogP contribution in [-0.4, -0.2) is 19.8 Å². The predicted octanol–water partition coefficient (Wildman–Crippen LogP) is 6.68. The van der Waals surface area contributed by atoms with Gasteiger partial charge >= 0.3 is 24.7 Å². The molecule has 152 valence electrons. The zero-order valence-electron chi connectivity index (χ0n) is 15.9. The van der Waals surface area contributed by atoms with Gasteiger partial charge in [0.15, 0.2) is 0 Å². The van der Waals surface area contributed by atoms with Gasteiger partial charge in [0.25, 0.3) is 0 Å². The fraction of sp³-hybridized carbons (Fsp3) is 0.143. The second-order valence-corrected chi connectivity index (χ2v) is 6.02. The van der Waals surface area contributed by atoms with Gasteiger partial charge in [-0.1, -0.05) is 48.0 Å². The summed E-state index contributed by atoms with van der Waals surface area (Å²) >= 11 is 0. The van der Waals surface area contributed by atoms with Crippen LogP contribution in [0.25, 0.3) is 22.5 Å². The minimum absolute atomic E-state index is 0.203. The van der Waals surface area contributed by atoms with E-state index in [2.05, 4.69) is 0 Å². The van der Waals surface area contributed by atoms with E-state index in [1.165, 1.54) is 5.56 Å². The molecule has 0 bridgehead atoms. The largest absolute Gasteiger partial charge is 0.673 e. The number of carbonyl (C=O) groups excluding carboxylic acids is 1. The monoisotopic (exact) mass is 406 g/mol. The van der Waals surface area contributed by atoms with Crippen molar-refractivity contribution in [1.29, 1.82) is 0 Å². The Kier molecular flexibility index (Phi) is 7.53. The van der Waals surface area contributed by atoms with Crippen LogP contribution in [0.5, 0.6) is 0 Å². The van der Waals surface area contributed by atoms with Crippen molar-refractivity contribution in [2.75, 3.05) is 6.61 Å². The van der Waals surface area contributed by atoms with Crippen molar-refractivity contribution >= 4 is 13.2 Å². The Morgan fingerprint density at radius 1 is 0.897 bits per heavy atom. The zero-order valence-corrected chi connectivity index (χ0v) is 15.9. The fourth-order valence-electron chi connectivity index (χ4n) is 2.46. The van der Waals surface area contributed by atoms with Crippen molar-refractivity contribution in [2.45, 2.75) is 13.8 Å². The Hall–Kier alpha value is -3.16. The first-order chi connectivity index (χ1) is 13.7. The van der Waals surface area contributed by atoms with E-state index >= 15 is 0 Å². The summed E-state index contributed by atoms with van der Waals surface area (Å²) in [6.45, 7) is 4.13. The maximum Gasteiger partial charge on any atom is 0.673 e. The molecule has 0 aliphatic heterocycles. The molecule has 0 amide bonds. The summed E-state index contributed by atoms with van der Waals surface area (Å²) in [4.78, 5) is 12.1. The molecule has 1 heterocycles. The van der Waals surface area contributed by atoms with Crippen LogP contribution in [0.4, 0.5) is 17.3 Å². The first kappa shape index (κ1) is 22.1. The zero-order chi connectivity index (χ0) is 21.4. The van der Waals surface area contributed by atoms with Crippen LogP contribution in [0.1, 0.15) is 23.0 Å². The average Bonchev–Trinajstić information content (AvgIpc) is 2.68. The summed E-state index contributed by atoms with van der Waals surface area (Å²) in [6, 6.07) is 21.6. The molecule has 0 atom stereocenters. The normalized spacial score (nSPS) is 10.7. The fourth-order valence-corrected chi connectivity index (χ4v) is 2.46. The van der Waals surface area contributed by atoms with Crippen LogP contribution in [0.15, 0.2) is 71.1 Å². The molecule has 0 aliphatic carbocycles. The number of aryl methyl sites for hydroxylation is 1. The number of hydrogen-bond acceptors (Lipinski definition) is 2. The summed E-state index contributed by atoms with van der Waals surface area (Å²) in [5.41, 5.74) is 4.05. The first-order valence-electron chi connectivity index (χ1n) is 8.82. The standard InChI is InChI=1S/C21H19O3.BF4/c1-3-23-21(22)20-14-18(16-11-9-15(2)10-12-16)13-19(24-20)17-7-5-4-6-8-17;2-1(3,4)5/h4-14H,3H2,1-2H3;/q+1;-1. The lowest BCUT2D eigenvalue weighted by Crippen LogP contribution is -2.05. The van der Waals surface area contributed by atoms with E-state index in [4.69, 9.17) is 9.15 Å². The number of carbonyl (C=O) groups is 1. The van der Waals surface area contributed by atoms with Crippen LogP contribution in [0, 0.1) is 6.92 Å². The van der Waals surface area contributed by atoms with Gasteiger partial charge in [0.05, 0.1) is 24.3 Å². The predicted molar refractivity (Wildman–Crippen MR) is 105 cm³/mol. The molecule has 3 aromatic rings. The minimum atomic E-state index is -6.00. The molecule has 0 saturated heterocycles. The summed E-state index contributed by atoms with van der Waals surface area (Å²) in [6.07, 6.45) is 0. The molecule has 0 aliphatic rings. The van der Waals surface area contributed by atoms with Gasteiger partial charge in [-0.15, -0.1) is 0 Å². The van der Waals surface area contributed by atoms with Gasteiger partial charge in [0.2, 0.25) is 0 Å². The third kappa shape index (κ3) is 7.41. The van der Waals surface area contributed by atoms with Gasteiger partial charge in [-0.2, -0.15) is 4.42 Å². The Morgan fingerprint density at radius 3 is 2.03 bits per heavy atom. The molecule has 8 heteroatoms. The van der Waals surface area contributed by atoms with Crippen LogP contribution >= 0.6 is 0 Å². The van der Waals surface area contributed by atoms with Crippen LogP contribution in [0.3, 0.4) is 0 Å². The number of rotatable bonds is 4. The van der Waals surface area contributed by atoms with Crippen molar-refractivity contribution in [3.63, 3.8) is 0 Å². The molecule has 0 N–H and O–H groups in total. The van der Waals surface area contributed by atoms with Gasteiger partial charge in [-0.25, -0.2) is 4.79 Å². The molecular formula is C21H19BF4O3. The van der Waals surface area contributed by atoms with E-state index in [1.54, 1.807) is 13.0 Å². The van der Waals surface area contributed by atoms with Crippen molar-refractivity contribution in [3.05, 3.63) is 78.1 Å². The molecule has 0 unspecified atom stereocenters. The second-order valence-electron chi connectivity index (χ2n) is 6.02. The molecule has 0 fully saturated rings. The van der Waals surface area contributed by atoms with Gasteiger partial charge in [-0.05, 0) is 31.5 Å². The van der Waals surface area contributed by atoms with Gasteiger partial charge in [0.1, 0.15) is 0 Å². The molecule has 3 rings (SSSR count). The lowest BCUT2D eigenvalue weighted by Gasteiger charge is -2.02. The molecule has 0 spiro atoms. The second kappa shape index (κ2) is 9.86. The summed E-state index contributed by atoms with van der Waals surface area (Å²) in [5.74, 6) is 0.383. The summed E-state index contributed by atoms with van der Waals surface area (Å²) in [7, 11) is -6.00. The number of benzene rings is 2. The highest BCUT2D eigenvalue weighted by atomic mass is 19.5. The van der Waals surface area contributed by atoms with Gasteiger partial charge in [0, 0.05) is 5.56 Å². The quantitative estimate of drug-likeness (QED) is 0.210. The molecule has 1 aromatic heterocycles. The highest BCUT2D eigenvalue weighted by Crippen LogP contribution is 2.29. The Balaban J connectivity index is 0.000000537. The van der Waals surface area contributed by atoms with E-state index in [0.29, 0.717) is 12.4 Å². The molecule has 0 radical (unpaired) electrons. The minimum Gasteiger partial charge on any atom is -0.456 e. The highest BCUT2D eigenvalue weighted by Gasteiger charge is 2.26. The summed E-state index contributed by atoms with van der Waals surface area (Å²) < 4.78 is 49.9. The van der Waals surface area contributed by atoms with Crippen LogP contribution in [0.2, 0.25) is 0 Å². The topological polar surface area (TPSA) is 37.6 Å². The van der Waals surface area contributed by atoms with Gasteiger partial charge in [-0.3, -0.25) is 0 Å². The van der Waals surface area contributed by atoms with E-state index in [1.807, 2.05) is 67.6 Å². The third-order valence-corrected chi connectivity index (χ3v) is 3.71. The molecule has 3 nitrogen and oxygen atoms in total. The van der Waals surface area contributed by atoms with Crippen molar-refractivity contribution < 1.29 is 31.2 Å². The van der Waals surface area contributed by atoms with Crippen molar-refractivity contribution in [2.24, 2.45) is 0 Å². The Labute approximate surface area is 166 Å². The van der Waals surface area contributed by atoms with E-state index in [-0.39, 0.29) is 5.76 Å². The Bertz CT molecular complexity index is 936. The number of ether oxygens (including phenoxy) is 1. The number of esters is 1. The lowest BCUT2D eigenvalue weighted by molar-refractivity contribution is 0.0488. The smallest absolute Gasteiger partial charge is 0.456 e. The maximum absolute atomic E-state index is 12.1. The SMILES string of the molecule is CCOC(=O)c1cc(-c2ccc(C)cc2)cc(-c2ccccc2)[o+]1.F[B-](F)(F)F. The van der Waals surface area contributed by atoms with Gasteiger partial charge < -0.3 is 22.0 Å². The maximum atomic E-state index is 12.1. The molecular weight excluding hydrogens is 387 g/mol. The molecule has 2 aromatic carbocycles. The molecule has 29 heavy (non-hydrogen) atoms. The van der Waals surface area contributed by atoms with E-state index < -0.39 is 13.2 Å². The summed E-state index contributed by atoms with van der Waals surface area (Å²) in [5, 5.41) is 0. The van der Waals surface area contributed by atoms with E-state index in [9.17, 15) is 22.1 Å². The van der Waals surface area contributed by atoms with Crippen LogP contribution < -0.4 is 0 Å². The lowest BCUT2D eigenvalue weighted by atomic mass is 10.0. The average molecular weight is 406 g/mol. The highest BCUT2D eigenvalue weighted by molar-refractivity contribution is 6.50. The third-order valence-electron chi connectivity index (χ3n) is 3.71. The Morgan fingerprint density at radius 2 is 1.48 bits per heavy atom. The van der Waals surface area contributed by atoms with Crippen molar-refractivity contribution in [3.8, 4) is 22.5 Å². The number of hydrogen-bond donors (Lipinski definition) is 0. The van der Waals surface area contributed by atoms with Crippen molar-refractivity contribution in [1.82, 2.24) is 0 Å².